The maximum Gasteiger partial charge on any atom is 0.407 e. The number of ether oxygens (including phenoxy) is 2. The van der Waals surface area contributed by atoms with Gasteiger partial charge in [0.1, 0.15) is 13.2 Å². The van der Waals surface area contributed by atoms with Gasteiger partial charge in [0.25, 0.3) is 5.91 Å². The number of carbonyl (C=O) groups excluding carboxylic acids is 2. The summed E-state index contributed by atoms with van der Waals surface area (Å²) in [6, 6.07) is 15.3. The van der Waals surface area contributed by atoms with Crippen molar-refractivity contribution in [2.24, 2.45) is 0 Å². The average molecular weight is 453 g/mol. The molecule has 1 heterocycles. The smallest absolute Gasteiger partial charge is 0.407 e. The molecule has 0 spiro atoms. The van der Waals surface area contributed by atoms with Crippen molar-refractivity contribution in [2.75, 3.05) is 19.8 Å². The van der Waals surface area contributed by atoms with Crippen molar-refractivity contribution in [1.82, 2.24) is 10.2 Å². The normalized spacial score (nSPS) is 19.1. The summed E-state index contributed by atoms with van der Waals surface area (Å²) in [6.07, 6.45) is -1.12. The third-order valence-corrected chi connectivity index (χ3v) is 6.19. The van der Waals surface area contributed by atoms with Gasteiger partial charge >= 0.3 is 12.1 Å². The summed E-state index contributed by atoms with van der Waals surface area (Å²) in [5, 5.41) is 11.9. The number of nitrogens with zero attached hydrogens (tertiary/aromatic N) is 1. The molecule has 2 atom stereocenters. The van der Waals surface area contributed by atoms with E-state index in [9.17, 15) is 14.4 Å². The van der Waals surface area contributed by atoms with Gasteiger partial charge in [-0.15, -0.1) is 0 Å². The van der Waals surface area contributed by atoms with Gasteiger partial charge < -0.3 is 24.8 Å². The van der Waals surface area contributed by atoms with E-state index in [0.29, 0.717) is 13.0 Å². The number of amides is 2. The highest BCUT2D eigenvalue weighted by atomic mass is 16.6. The van der Waals surface area contributed by atoms with Crippen LogP contribution in [0.5, 0.6) is 0 Å². The second-order valence-electron chi connectivity index (χ2n) is 8.61. The van der Waals surface area contributed by atoms with Crippen LogP contribution in [0.25, 0.3) is 11.1 Å². The van der Waals surface area contributed by atoms with Gasteiger partial charge in [0.2, 0.25) is 0 Å². The summed E-state index contributed by atoms with van der Waals surface area (Å²) >= 11 is 0. The maximum atomic E-state index is 12.9. The summed E-state index contributed by atoms with van der Waals surface area (Å²) in [6.45, 7) is 3.52. The van der Waals surface area contributed by atoms with Crippen LogP contribution in [-0.4, -0.2) is 65.9 Å². The Bertz CT molecular complexity index is 1010. The Morgan fingerprint density at radius 3 is 2.27 bits per heavy atom. The van der Waals surface area contributed by atoms with Gasteiger partial charge in [-0.1, -0.05) is 48.5 Å². The Kier molecular flexibility index (Phi) is 6.65. The van der Waals surface area contributed by atoms with Crippen molar-refractivity contribution in [3.63, 3.8) is 0 Å². The summed E-state index contributed by atoms with van der Waals surface area (Å²) in [4.78, 5) is 37.9. The first-order valence-corrected chi connectivity index (χ1v) is 11.1. The molecular formula is C25H28N2O6. The molecule has 1 fully saturated rings. The molecule has 2 N–H and O–H groups in total. The molecule has 4 rings (SSSR count). The lowest BCUT2D eigenvalue weighted by Crippen LogP contribution is -2.52. The highest BCUT2D eigenvalue weighted by Crippen LogP contribution is 2.44. The molecule has 8 heteroatoms. The first-order valence-electron chi connectivity index (χ1n) is 11.1. The average Bonchev–Trinajstić information content (AvgIpc) is 3.38. The number of hydrogen-bond donors (Lipinski definition) is 2. The van der Waals surface area contributed by atoms with Crippen LogP contribution in [-0.2, 0) is 19.1 Å². The molecule has 33 heavy (non-hydrogen) atoms. The van der Waals surface area contributed by atoms with Crippen LogP contribution in [0.4, 0.5) is 4.79 Å². The minimum atomic E-state index is -1.10. The fourth-order valence-corrected chi connectivity index (χ4v) is 4.60. The maximum absolute atomic E-state index is 12.9. The van der Waals surface area contributed by atoms with Crippen LogP contribution in [0.15, 0.2) is 48.5 Å². The summed E-state index contributed by atoms with van der Waals surface area (Å²) in [7, 11) is 0. The Morgan fingerprint density at radius 1 is 1.09 bits per heavy atom. The molecule has 2 aliphatic rings. The molecule has 1 aliphatic carbocycles. The monoisotopic (exact) mass is 452 g/mol. The molecule has 2 amide bonds. The number of nitrogens with one attached hydrogen (secondary N) is 1. The Morgan fingerprint density at radius 2 is 1.70 bits per heavy atom. The van der Waals surface area contributed by atoms with E-state index in [1.54, 1.807) is 13.8 Å². The van der Waals surface area contributed by atoms with Crippen LogP contribution in [0.3, 0.4) is 0 Å². The lowest BCUT2D eigenvalue weighted by atomic mass is 9.98. The second-order valence-corrected chi connectivity index (χ2v) is 8.61. The highest BCUT2D eigenvalue weighted by molar-refractivity contribution is 5.86. The zero-order valence-electron chi connectivity index (χ0n) is 18.7. The molecule has 2 aromatic rings. The fourth-order valence-electron chi connectivity index (χ4n) is 4.60. The number of carbonyl (C=O) groups is 3. The molecule has 0 saturated carbocycles. The van der Waals surface area contributed by atoms with E-state index in [-0.39, 0.29) is 18.6 Å². The van der Waals surface area contributed by atoms with Crippen molar-refractivity contribution < 1.29 is 29.0 Å². The van der Waals surface area contributed by atoms with Gasteiger partial charge in [-0.05, 0) is 42.5 Å². The van der Waals surface area contributed by atoms with E-state index in [0.717, 1.165) is 22.3 Å². The quantitative estimate of drug-likeness (QED) is 0.669. The third kappa shape index (κ3) is 4.71. The highest BCUT2D eigenvalue weighted by Gasteiger charge is 2.39. The molecular weight excluding hydrogens is 424 g/mol. The third-order valence-electron chi connectivity index (χ3n) is 6.19. The Labute approximate surface area is 192 Å². The van der Waals surface area contributed by atoms with E-state index in [4.69, 9.17) is 14.6 Å². The predicted molar refractivity (Wildman–Crippen MR) is 121 cm³/mol. The van der Waals surface area contributed by atoms with Crippen LogP contribution in [0.2, 0.25) is 0 Å². The lowest BCUT2D eigenvalue weighted by molar-refractivity contribution is -0.151. The van der Waals surface area contributed by atoms with E-state index in [1.165, 1.54) is 4.90 Å². The standard InChI is InChI=1S/C25H28N2O6/c1-15(2)27(13-22(28)29)24(30)23-21(11-12-32-23)26-25(31)33-14-20-18-9-5-3-7-16(18)17-8-4-6-10-19(17)20/h3-10,15,20-21,23H,11-14H2,1-2H3,(H,26,31)(H,28,29)/t21-,23+/m0/s1. The largest absolute Gasteiger partial charge is 0.480 e. The molecule has 174 valence electrons. The molecule has 2 aromatic carbocycles. The van der Waals surface area contributed by atoms with Crippen molar-refractivity contribution >= 4 is 18.0 Å². The Hall–Kier alpha value is -3.39. The van der Waals surface area contributed by atoms with Crippen molar-refractivity contribution in [3.05, 3.63) is 59.7 Å². The zero-order chi connectivity index (χ0) is 23.5. The second kappa shape index (κ2) is 9.62. The van der Waals surface area contributed by atoms with Crippen molar-refractivity contribution in [1.29, 1.82) is 0 Å². The van der Waals surface area contributed by atoms with Crippen molar-refractivity contribution in [2.45, 2.75) is 44.4 Å². The number of hydrogen-bond acceptors (Lipinski definition) is 5. The summed E-state index contributed by atoms with van der Waals surface area (Å²) < 4.78 is 11.1. The van der Waals surface area contributed by atoms with E-state index in [2.05, 4.69) is 17.4 Å². The van der Waals surface area contributed by atoms with E-state index in [1.807, 2.05) is 36.4 Å². The molecule has 8 nitrogen and oxygen atoms in total. The van der Waals surface area contributed by atoms with Crippen LogP contribution in [0.1, 0.15) is 37.3 Å². The molecule has 0 unspecified atom stereocenters. The fraction of sp³-hybridized carbons (Fsp3) is 0.400. The number of carboxylic acid groups (broad SMARTS) is 1. The SMILES string of the molecule is CC(C)N(CC(=O)O)C(=O)[C@@H]1OCC[C@@H]1NC(=O)OCC1c2ccccc2-c2ccccc21. The molecule has 1 aliphatic heterocycles. The topological polar surface area (TPSA) is 105 Å². The van der Waals surface area contributed by atoms with Crippen LogP contribution < -0.4 is 5.32 Å². The van der Waals surface area contributed by atoms with Gasteiger partial charge in [-0.3, -0.25) is 9.59 Å². The van der Waals surface area contributed by atoms with Crippen molar-refractivity contribution in [3.8, 4) is 11.1 Å². The van der Waals surface area contributed by atoms with Gasteiger partial charge in [-0.2, -0.15) is 0 Å². The molecule has 1 saturated heterocycles. The minimum Gasteiger partial charge on any atom is -0.480 e. The Balaban J connectivity index is 1.40. The van der Waals surface area contributed by atoms with E-state index >= 15 is 0 Å². The van der Waals surface area contributed by atoms with Gasteiger partial charge in [0.15, 0.2) is 6.10 Å². The first kappa shape index (κ1) is 22.8. The van der Waals surface area contributed by atoms with E-state index < -0.39 is 36.7 Å². The predicted octanol–water partition coefficient (Wildman–Crippen LogP) is 3.00. The van der Waals surface area contributed by atoms with Gasteiger partial charge in [-0.25, -0.2) is 4.79 Å². The minimum absolute atomic E-state index is 0.0626. The number of benzene rings is 2. The number of carboxylic acids is 1. The summed E-state index contributed by atoms with van der Waals surface area (Å²) in [5.41, 5.74) is 4.52. The molecule has 0 bridgehead atoms. The summed E-state index contributed by atoms with van der Waals surface area (Å²) in [5.74, 6) is -1.61. The lowest BCUT2D eigenvalue weighted by Gasteiger charge is -2.29. The van der Waals surface area contributed by atoms with Crippen LogP contribution >= 0.6 is 0 Å². The number of alkyl carbamates (subject to hydrolysis) is 1. The number of rotatable bonds is 7. The molecule has 0 aromatic heterocycles. The zero-order valence-corrected chi connectivity index (χ0v) is 18.7. The number of fused-ring (bicyclic) bond motifs is 3. The van der Waals surface area contributed by atoms with Gasteiger partial charge in [0.05, 0.1) is 6.04 Å². The van der Waals surface area contributed by atoms with Gasteiger partial charge in [0, 0.05) is 18.6 Å². The first-order chi connectivity index (χ1) is 15.9. The number of aliphatic carboxylic acids is 1. The molecule has 0 radical (unpaired) electrons. The van der Waals surface area contributed by atoms with Crippen LogP contribution in [0, 0.1) is 0 Å².